The third kappa shape index (κ3) is 1.50. The minimum absolute atomic E-state index is 0.205. The molecule has 1 aliphatic carbocycles. The highest BCUT2D eigenvalue weighted by molar-refractivity contribution is 5.82. The van der Waals surface area contributed by atoms with Crippen LogP contribution in [0.25, 0.3) is 0 Å². The van der Waals surface area contributed by atoms with E-state index in [1.54, 1.807) is 0 Å². The average Bonchev–Trinajstić information content (AvgIpc) is 2.58. The Bertz CT molecular complexity index is 229. The molecule has 1 fully saturated rings. The molecule has 0 radical (unpaired) electrons. The van der Waals surface area contributed by atoms with E-state index in [2.05, 4.69) is 12.0 Å². The molecule has 4 nitrogen and oxygen atoms in total. The van der Waals surface area contributed by atoms with E-state index >= 15 is 0 Å². The first-order valence-electron chi connectivity index (χ1n) is 4.98. The third-order valence-corrected chi connectivity index (χ3v) is 2.98. The molecule has 0 aromatic heterocycles. The van der Waals surface area contributed by atoms with Gasteiger partial charge in [-0.25, -0.2) is 0 Å². The van der Waals surface area contributed by atoms with Gasteiger partial charge in [-0.3, -0.25) is 5.01 Å². The van der Waals surface area contributed by atoms with Crippen molar-refractivity contribution in [2.24, 2.45) is 10.8 Å². The van der Waals surface area contributed by atoms with Crippen LogP contribution in [0.2, 0.25) is 0 Å². The summed E-state index contributed by atoms with van der Waals surface area (Å²) in [6.45, 7) is 2.11. The van der Waals surface area contributed by atoms with Crippen molar-refractivity contribution in [2.45, 2.75) is 50.8 Å². The minimum Gasteiger partial charge on any atom is -0.391 e. The largest absolute Gasteiger partial charge is 0.391 e. The highest BCUT2D eigenvalue weighted by Crippen LogP contribution is 2.28. The maximum atomic E-state index is 9.70. The number of hydrogen-bond acceptors (Lipinski definition) is 4. The Morgan fingerprint density at radius 1 is 1.54 bits per heavy atom. The van der Waals surface area contributed by atoms with Crippen molar-refractivity contribution in [3.63, 3.8) is 0 Å². The van der Waals surface area contributed by atoms with Crippen molar-refractivity contribution in [3.05, 3.63) is 0 Å². The fraction of sp³-hybridized carbons (Fsp3) is 0.889. The quantitative estimate of drug-likeness (QED) is 0.613. The van der Waals surface area contributed by atoms with Crippen LogP contribution in [-0.4, -0.2) is 34.1 Å². The molecule has 0 amide bonds. The number of hydrazone groups is 1. The van der Waals surface area contributed by atoms with Gasteiger partial charge in [0.1, 0.15) is 5.84 Å². The van der Waals surface area contributed by atoms with Crippen molar-refractivity contribution >= 4 is 5.84 Å². The SMILES string of the molecule is CC1CC(N)=NN1C1CCCC1O. The van der Waals surface area contributed by atoms with Crippen molar-refractivity contribution in [1.82, 2.24) is 5.01 Å². The number of rotatable bonds is 1. The predicted molar refractivity (Wildman–Crippen MR) is 51.2 cm³/mol. The van der Waals surface area contributed by atoms with Crippen LogP contribution in [-0.2, 0) is 0 Å². The molecule has 0 aromatic carbocycles. The summed E-state index contributed by atoms with van der Waals surface area (Å²) in [5.74, 6) is 0.701. The zero-order valence-corrected chi connectivity index (χ0v) is 7.98. The van der Waals surface area contributed by atoms with Gasteiger partial charge in [0.2, 0.25) is 0 Å². The smallest absolute Gasteiger partial charge is 0.121 e. The highest BCUT2D eigenvalue weighted by atomic mass is 16.3. The second-order valence-corrected chi connectivity index (χ2v) is 4.09. The van der Waals surface area contributed by atoms with Crippen LogP contribution in [0.1, 0.15) is 32.6 Å². The molecule has 3 unspecified atom stereocenters. The molecule has 74 valence electrons. The Hall–Kier alpha value is -0.770. The molecule has 1 aliphatic heterocycles. The van der Waals surface area contributed by atoms with Gasteiger partial charge in [-0.05, 0) is 26.2 Å². The van der Waals surface area contributed by atoms with Gasteiger partial charge in [0.15, 0.2) is 0 Å². The van der Waals surface area contributed by atoms with Crippen LogP contribution in [0.15, 0.2) is 5.10 Å². The van der Waals surface area contributed by atoms with Crippen LogP contribution >= 0.6 is 0 Å². The summed E-state index contributed by atoms with van der Waals surface area (Å²) in [7, 11) is 0. The predicted octanol–water partition coefficient (Wildman–Crippen LogP) is 0.266. The molecule has 3 N–H and O–H groups in total. The highest BCUT2D eigenvalue weighted by Gasteiger charge is 2.35. The normalized spacial score (nSPS) is 39.7. The van der Waals surface area contributed by atoms with Gasteiger partial charge >= 0.3 is 0 Å². The number of aliphatic hydroxyl groups is 1. The Kier molecular flexibility index (Phi) is 2.15. The lowest BCUT2D eigenvalue weighted by atomic mass is 10.1. The monoisotopic (exact) mass is 183 g/mol. The number of nitrogens with zero attached hydrogens (tertiary/aromatic N) is 2. The van der Waals surface area contributed by atoms with E-state index in [4.69, 9.17) is 5.73 Å². The molecular weight excluding hydrogens is 166 g/mol. The first-order valence-corrected chi connectivity index (χ1v) is 4.98. The fourth-order valence-electron chi connectivity index (χ4n) is 2.31. The number of hydrogen-bond donors (Lipinski definition) is 2. The molecule has 4 heteroatoms. The van der Waals surface area contributed by atoms with Crippen LogP contribution in [0.4, 0.5) is 0 Å². The molecule has 0 aromatic rings. The van der Waals surface area contributed by atoms with Crippen molar-refractivity contribution < 1.29 is 5.11 Å². The van der Waals surface area contributed by atoms with Crippen LogP contribution in [0, 0.1) is 0 Å². The molecular formula is C9H17N3O. The molecule has 13 heavy (non-hydrogen) atoms. The lowest BCUT2D eigenvalue weighted by Gasteiger charge is -2.29. The van der Waals surface area contributed by atoms with E-state index in [-0.39, 0.29) is 12.1 Å². The summed E-state index contributed by atoms with van der Waals surface area (Å²) < 4.78 is 0. The standard InChI is InChI=1S/C9H17N3O/c1-6-5-9(10)11-12(6)7-3-2-4-8(7)13/h6-8,13H,2-5H2,1H3,(H2,10,11). The summed E-state index contributed by atoms with van der Waals surface area (Å²) in [5, 5.41) is 16.0. The van der Waals surface area contributed by atoms with Gasteiger partial charge in [0, 0.05) is 6.42 Å². The molecule has 0 spiro atoms. The fourth-order valence-corrected chi connectivity index (χ4v) is 2.31. The first kappa shape index (κ1) is 8.81. The molecule has 0 bridgehead atoms. The van der Waals surface area contributed by atoms with Crippen LogP contribution in [0.5, 0.6) is 0 Å². The molecule has 0 saturated heterocycles. The van der Waals surface area contributed by atoms with Gasteiger partial charge in [0.05, 0.1) is 18.2 Å². The maximum absolute atomic E-state index is 9.70. The third-order valence-electron chi connectivity index (χ3n) is 2.98. The van der Waals surface area contributed by atoms with Gasteiger partial charge in [-0.2, -0.15) is 5.10 Å². The average molecular weight is 183 g/mol. The zero-order chi connectivity index (χ0) is 9.42. The maximum Gasteiger partial charge on any atom is 0.121 e. The minimum atomic E-state index is -0.211. The zero-order valence-electron chi connectivity index (χ0n) is 7.98. The van der Waals surface area contributed by atoms with Crippen molar-refractivity contribution in [2.75, 3.05) is 0 Å². The molecule has 1 saturated carbocycles. The summed E-state index contributed by atoms with van der Waals surface area (Å²) in [6, 6.07) is 0.564. The summed E-state index contributed by atoms with van der Waals surface area (Å²) >= 11 is 0. The van der Waals surface area contributed by atoms with E-state index in [9.17, 15) is 5.11 Å². The van der Waals surface area contributed by atoms with Crippen LogP contribution < -0.4 is 5.73 Å². The van der Waals surface area contributed by atoms with Gasteiger partial charge in [-0.1, -0.05) is 0 Å². The van der Waals surface area contributed by atoms with Crippen LogP contribution in [0.3, 0.4) is 0 Å². The van der Waals surface area contributed by atoms with Gasteiger partial charge < -0.3 is 10.8 Å². The van der Waals surface area contributed by atoms with E-state index in [1.165, 1.54) is 0 Å². The van der Waals surface area contributed by atoms with E-state index in [1.807, 2.05) is 5.01 Å². The first-order chi connectivity index (χ1) is 6.18. The lowest BCUT2D eigenvalue weighted by Crippen LogP contribution is -2.39. The second-order valence-electron chi connectivity index (χ2n) is 4.09. The van der Waals surface area contributed by atoms with Crippen molar-refractivity contribution in [1.29, 1.82) is 0 Å². The molecule has 1 heterocycles. The van der Waals surface area contributed by atoms with E-state index in [0.717, 1.165) is 25.7 Å². The number of nitrogens with two attached hydrogens (primary N) is 1. The lowest BCUT2D eigenvalue weighted by molar-refractivity contribution is 0.0587. The molecule has 2 rings (SSSR count). The summed E-state index contributed by atoms with van der Waals surface area (Å²) in [6.07, 6.45) is 3.68. The second kappa shape index (κ2) is 3.18. The van der Waals surface area contributed by atoms with Gasteiger partial charge in [0.25, 0.3) is 0 Å². The summed E-state index contributed by atoms with van der Waals surface area (Å²) in [4.78, 5) is 0. The Labute approximate surface area is 78.4 Å². The molecule has 3 atom stereocenters. The Balaban J connectivity index is 2.07. The number of amidine groups is 1. The van der Waals surface area contributed by atoms with E-state index < -0.39 is 0 Å². The summed E-state index contributed by atoms with van der Waals surface area (Å²) in [5.41, 5.74) is 5.66. The number of aliphatic hydroxyl groups excluding tert-OH is 1. The molecule has 2 aliphatic rings. The van der Waals surface area contributed by atoms with Gasteiger partial charge in [-0.15, -0.1) is 0 Å². The Morgan fingerprint density at radius 3 is 2.77 bits per heavy atom. The Morgan fingerprint density at radius 2 is 2.31 bits per heavy atom. The van der Waals surface area contributed by atoms with Crippen molar-refractivity contribution in [3.8, 4) is 0 Å². The topological polar surface area (TPSA) is 61.8 Å². The van der Waals surface area contributed by atoms with E-state index in [0.29, 0.717) is 11.9 Å².